The van der Waals surface area contributed by atoms with E-state index in [4.69, 9.17) is 0 Å². The number of carbonyl (C=O) groups excluding carboxylic acids is 1. The number of aromatic nitrogens is 4. The van der Waals surface area contributed by atoms with Crippen LogP contribution >= 0.6 is 11.8 Å². The van der Waals surface area contributed by atoms with E-state index in [2.05, 4.69) is 15.1 Å². The molecule has 5 rings (SSSR count). The van der Waals surface area contributed by atoms with Gasteiger partial charge in [-0.25, -0.2) is 13.8 Å². The van der Waals surface area contributed by atoms with Crippen LogP contribution in [0.2, 0.25) is 0 Å². The number of aromatic hydroxyl groups is 1. The van der Waals surface area contributed by atoms with Crippen LogP contribution in [0.3, 0.4) is 0 Å². The highest BCUT2D eigenvalue weighted by Crippen LogP contribution is 2.49. The van der Waals surface area contributed by atoms with E-state index in [1.807, 2.05) is 4.90 Å². The van der Waals surface area contributed by atoms with Crippen LogP contribution in [0.4, 0.5) is 27.9 Å². The van der Waals surface area contributed by atoms with Crippen molar-refractivity contribution in [2.24, 2.45) is 0 Å². The number of thioether (sulfide) groups is 1. The van der Waals surface area contributed by atoms with Gasteiger partial charge in [-0.2, -0.15) is 34.4 Å². The van der Waals surface area contributed by atoms with E-state index in [9.17, 15) is 31.9 Å². The molecule has 3 heterocycles. The largest absolute Gasteiger partial charge is 0.507 e. The zero-order chi connectivity index (χ0) is 27.1. The highest BCUT2D eigenvalue weighted by atomic mass is 32.2. The zero-order valence-corrected chi connectivity index (χ0v) is 21.1. The Morgan fingerprint density at radius 1 is 1.11 bits per heavy atom. The number of halogens is 5. The zero-order valence-electron chi connectivity index (χ0n) is 20.3. The molecule has 8 nitrogen and oxygen atoms in total. The summed E-state index contributed by atoms with van der Waals surface area (Å²) in [5, 5.41) is 14.4. The van der Waals surface area contributed by atoms with Gasteiger partial charge in [-0.15, -0.1) is 5.10 Å². The maximum absolute atomic E-state index is 13.0. The molecule has 1 amide bonds. The van der Waals surface area contributed by atoms with E-state index in [-0.39, 0.29) is 28.6 Å². The van der Waals surface area contributed by atoms with Crippen molar-refractivity contribution in [3.63, 3.8) is 0 Å². The number of fused-ring (bicyclic) bond motifs is 1. The molecule has 2 aliphatic rings. The molecular formula is C23H25F5N6O2S. The number of benzene rings is 1. The van der Waals surface area contributed by atoms with Crippen molar-refractivity contribution in [2.45, 2.75) is 37.6 Å². The molecule has 1 saturated carbocycles. The molecule has 1 aliphatic carbocycles. The van der Waals surface area contributed by atoms with Gasteiger partial charge in [0.25, 0.3) is 11.7 Å². The van der Waals surface area contributed by atoms with Crippen molar-refractivity contribution in [2.75, 3.05) is 37.3 Å². The highest BCUT2D eigenvalue weighted by molar-refractivity contribution is 7.99. The lowest BCUT2D eigenvalue weighted by Gasteiger charge is -2.31. The summed E-state index contributed by atoms with van der Waals surface area (Å²) in [5.74, 6) is -2.08. The molecular weight excluding hydrogens is 519 g/mol. The van der Waals surface area contributed by atoms with Gasteiger partial charge >= 0.3 is 6.18 Å². The second-order valence-electron chi connectivity index (χ2n) is 8.91. The first kappa shape index (κ1) is 26.9. The number of phenolic OH excluding ortho intramolecular Hbond substituents is 1. The summed E-state index contributed by atoms with van der Waals surface area (Å²) >= 11 is 1.25. The Balaban J connectivity index is 0.000000396. The number of anilines is 1. The van der Waals surface area contributed by atoms with Gasteiger partial charge in [0.15, 0.2) is 0 Å². The van der Waals surface area contributed by atoms with E-state index in [0.717, 1.165) is 12.5 Å². The molecule has 1 atom stereocenters. The topological polar surface area (TPSA) is 86.9 Å². The monoisotopic (exact) mass is 544 g/mol. The molecule has 14 heteroatoms. The van der Waals surface area contributed by atoms with Gasteiger partial charge in [-0.1, -0.05) is 0 Å². The van der Waals surface area contributed by atoms with E-state index in [1.54, 1.807) is 28.7 Å². The van der Waals surface area contributed by atoms with E-state index in [1.165, 1.54) is 18.7 Å². The summed E-state index contributed by atoms with van der Waals surface area (Å²) in [5.41, 5.74) is 0.534. The summed E-state index contributed by atoms with van der Waals surface area (Å²) in [6.45, 7) is 5.57. The number of carbonyl (C=O) groups is 1. The third-order valence-corrected chi connectivity index (χ3v) is 7.26. The van der Waals surface area contributed by atoms with E-state index >= 15 is 0 Å². The van der Waals surface area contributed by atoms with Crippen LogP contribution < -0.4 is 4.90 Å². The molecule has 1 aromatic carbocycles. The van der Waals surface area contributed by atoms with Gasteiger partial charge in [-0.3, -0.25) is 4.79 Å². The third-order valence-electron chi connectivity index (χ3n) is 6.18. The van der Waals surface area contributed by atoms with Crippen LogP contribution in [-0.2, 0) is 11.0 Å². The number of nitrogens with zero attached hydrogens (tertiary/aromatic N) is 6. The van der Waals surface area contributed by atoms with Crippen LogP contribution in [0.25, 0.3) is 17.0 Å². The Morgan fingerprint density at radius 3 is 2.24 bits per heavy atom. The molecule has 37 heavy (non-hydrogen) atoms. The summed E-state index contributed by atoms with van der Waals surface area (Å²) < 4.78 is 64.1. The minimum Gasteiger partial charge on any atom is -0.507 e. The van der Waals surface area contributed by atoms with E-state index < -0.39 is 23.4 Å². The maximum atomic E-state index is 13.0. The van der Waals surface area contributed by atoms with Gasteiger partial charge in [0, 0.05) is 43.9 Å². The molecule has 1 unspecified atom stereocenters. The quantitative estimate of drug-likeness (QED) is 0.390. The fourth-order valence-electron chi connectivity index (χ4n) is 4.00. The third kappa shape index (κ3) is 5.73. The molecule has 1 aliphatic heterocycles. The summed E-state index contributed by atoms with van der Waals surface area (Å²) in [6.07, 6.45) is -1.94. The Morgan fingerprint density at radius 2 is 1.76 bits per heavy atom. The smallest absolute Gasteiger partial charge is 0.416 e. The van der Waals surface area contributed by atoms with Gasteiger partial charge in [-0.05, 0) is 43.9 Å². The number of piperazine rings is 1. The maximum Gasteiger partial charge on any atom is 0.416 e. The van der Waals surface area contributed by atoms with Crippen molar-refractivity contribution in [1.29, 1.82) is 0 Å². The molecule has 200 valence electrons. The molecule has 0 bridgehead atoms. The normalized spacial score (nSPS) is 19.0. The molecule has 0 radical (unpaired) electrons. The minimum absolute atomic E-state index is 0.0914. The lowest BCUT2D eigenvalue weighted by Crippen LogP contribution is -2.46. The summed E-state index contributed by atoms with van der Waals surface area (Å²) in [4.78, 5) is 23.4. The Hall–Kier alpha value is -3.16. The fourth-order valence-corrected chi connectivity index (χ4v) is 4.73. The predicted molar refractivity (Wildman–Crippen MR) is 129 cm³/mol. The number of alkyl halides is 5. The predicted octanol–water partition coefficient (Wildman–Crippen LogP) is 4.17. The van der Waals surface area contributed by atoms with Crippen molar-refractivity contribution in [3.05, 3.63) is 35.0 Å². The molecule has 1 N–H and O–H groups in total. The Bertz CT molecular complexity index is 1280. The van der Waals surface area contributed by atoms with Crippen molar-refractivity contribution >= 4 is 29.9 Å². The summed E-state index contributed by atoms with van der Waals surface area (Å²) in [6, 6.07) is 3.33. The lowest BCUT2D eigenvalue weighted by atomic mass is 10.00. The van der Waals surface area contributed by atoms with Crippen molar-refractivity contribution < 1.29 is 31.9 Å². The number of aryl methyl sites for hydroxylation is 2. The number of amides is 1. The lowest BCUT2D eigenvalue weighted by molar-refractivity contribution is -0.137. The second-order valence-corrected chi connectivity index (χ2v) is 9.95. The second kappa shape index (κ2) is 9.95. The van der Waals surface area contributed by atoms with Gasteiger partial charge in [0.1, 0.15) is 5.75 Å². The SMILES string of the molecule is CSC1CC1(F)F.Cc1cc(C(F)(F)F)cc(O)c1-c1cc(C)n2nc(N3CCN(C=O)CC3)nc2n1. The average Bonchev–Trinajstić information content (AvgIpc) is 3.23. The number of hydrogen-bond acceptors (Lipinski definition) is 7. The molecule has 3 aromatic rings. The molecule has 1 saturated heterocycles. The summed E-state index contributed by atoms with van der Waals surface area (Å²) in [7, 11) is 0. The average molecular weight is 545 g/mol. The number of rotatable bonds is 4. The van der Waals surface area contributed by atoms with E-state index in [0.29, 0.717) is 49.6 Å². The van der Waals surface area contributed by atoms with Gasteiger partial charge in [0.2, 0.25) is 12.4 Å². The standard InChI is InChI=1S/C19H19F3N6O2.C4H6F2S/c1-11-7-13(19(20,21)22)9-15(30)16(11)14-8-12(2)28-17(23-14)24-18(25-28)27-5-3-26(10-29)4-6-27;1-7-3-2-4(3,5)6/h7-10,30H,3-6H2,1-2H3;3H,2H2,1H3. The first-order valence-corrected chi connectivity index (χ1v) is 12.6. The van der Waals surface area contributed by atoms with Crippen LogP contribution in [0.1, 0.15) is 23.2 Å². The van der Waals surface area contributed by atoms with Crippen molar-refractivity contribution in [1.82, 2.24) is 24.5 Å². The molecule has 2 fully saturated rings. The van der Waals surface area contributed by atoms with Crippen LogP contribution in [0.15, 0.2) is 18.2 Å². The van der Waals surface area contributed by atoms with Gasteiger partial charge < -0.3 is 14.9 Å². The van der Waals surface area contributed by atoms with Crippen LogP contribution in [0.5, 0.6) is 5.75 Å². The van der Waals surface area contributed by atoms with Gasteiger partial charge in [0.05, 0.1) is 16.5 Å². The molecule has 0 spiro atoms. The van der Waals surface area contributed by atoms with Crippen molar-refractivity contribution in [3.8, 4) is 17.0 Å². The minimum atomic E-state index is -4.55. The fraction of sp³-hybridized carbons (Fsp3) is 0.478. The first-order valence-electron chi connectivity index (χ1n) is 11.3. The first-order chi connectivity index (χ1) is 17.3. The highest BCUT2D eigenvalue weighted by Gasteiger charge is 2.56. The number of hydrogen-bond donors (Lipinski definition) is 1. The number of phenols is 1. The molecule has 2 aromatic heterocycles. The van der Waals surface area contributed by atoms with Crippen LogP contribution in [-0.4, -0.2) is 79.6 Å². The van der Waals surface area contributed by atoms with Crippen LogP contribution in [0, 0.1) is 13.8 Å². The Kier molecular flexibility index (Phi) is 7.23. The Labute approximate surface area is 213 Å².